The molecule has 0 spiro atoms. The van der Waals surface area contributed by atoms with Gasteiger partial charge in [-0.3, -0.25) is 0 Å². The third kappa shape index (κ3) is 2.71. The van der Waals surface area contributed by atoms with Gasteiger partial charge in [-0.15, -0.1) is 0 Å². The number of aliphatic hydroxyl groups is 1. The maximum absolute atomic E-state index is 11.2. The minimum Gasteiger partial charge on any atom is -0.389 e. The second-order valence-corrected chi connectivity index (χ2v) is 8.44. The fourth-order valence-corrected chi connectivity index (χ4v) is 4.69. The lowest BCUT2D eigenvalue weighted by atomic mass is 9.59. The van der Waals surface area contributed by atoms with E-state index in [1.807, 2.05) is 0 Å². The molecule has 0 radical (unpaired) electrons. The summed E-state index contributed by atoms with van der Waals surface area (Å²) in [6, 6.07) is 0. The van der Waals surface area contributed by atoms with Crippen LogP contribution >= 0.6 is 0 Å². The van der Waals surface area contributed by atoms with Crippen LogP contribution in [0.2, 0.25) is 0 Å². The number of hydrogen-bond acceptors (Lipinski definition) is 2. The number of hydrogen-bond donors (Lipinski definition) is 2. The second kappa shape index (κ2) is 5.04. The lowest BCUT2D eigenvalue weighted by Gasteiger charge is -2.50. The van der Waals surface area contributed by atoms with E-state index in [0.29, 0.717) is 6.54 Å². The average molecular weight is 267 g/mol. The number of nitrogens with two attached hydrogens (primary N) is 1. The zero-order valence-electron chi connectivity index (χ0n) is 13.3. The summed E-state index contributed by atoms with van der Waals surface area (Å²) in [5.41, 5.74) is 5.92. The first kappa shape index (κ1) is 15.3. The minimum absolute atomic E-state index is 0.00778. The Morgan fingerprint density at radius 1 is 1.11 bits per heavy atom. The molecule has 3 N–H and O–H groups in total. The van der Waals surface area contributed by atoms with Gasteiger partial charge in [0.05, 0.1) is 5.60 Å². The van der Waals surface area contributed by atoms with E-state index in [0.717, 1.165) is 43.9 Å². The first-order valence-electron chi connectivity index (χ1n) is 8.16. The van der Waals surface area contributed by atoms with Crippen LogP contribution in [0.3, 0.4) is 0 Å². The highest BCUT2D eigenvalue weighted by molar-refractivity contribution is 5.07. The molecule has 2 saturated carbocycles. The van der Waals surface area contributed by atoms with Crippen LogP contribution in [0.1, 0.15) is 72.6 Å². The monoisotopic (exact) mass is 267 g/mol. The summed E-state index contributed by atoms with van der Waals surface area (Å²) >= 11 is 0. The van der Waals surface area contributed by atoms with E-state index in [-0.39, 0.29) is 10.8 Å². The Balaban J connectivity index is 2.12. The molecule has 19 heavy (non-hydrogen) atoms. The van der Waals surface area contributed by atoms with Gasteiger partial charge in [-0.1, -0.05) is 27.7 Å². The summed E-state index contributed by atoms with van der Waals surface area (Å²) < 4.78 is 0. The maximum atomic E-state index is 11.2. The molecular weight excluding hydrogens is 234 g/mol. The molecule has 112 valence electrons. The van der Waals surface area contributed by atoms with Crippen molar-refractivity contribution in [1.29, 1.82) is 0 Å². The molecule has 0 aromatic carbocycles. The van der Waals surface area contributed by atoms with Crippen LogP contribution in [-0.2, 0) is 0 Å². The Hall–Kier alpha value is -0.0800. The third-order valence-electron chi connectivity index (χ3n) is 6.29. The highest BCUT2D eigenvalue weighted by Gasteiger charge is 2.55. The molecule has 1 atom stereocenters. The SMILES string of the molecule is CC(C)C1CCC(CN)(C2(O)CCC(C)(C)C2)CC1. The van der Waals surface area contributed by atoms with Gasteiger partial charge in [0.1, 0.15) is 0 Å². The zero-order chi connectivity index (χ0) is 14.3. The summed E-state index contributed by atoms with van der Waals surface area (Å²) in [6.07, 6.45) is 7.76. The van der Waals surface area contributed by atoms with Crippen molar-refractivity contribution in [3.05, 3.63) is 0 Å². The van der Waals surface area contributed by atoms with Crippen LogP contribution < -0.4 is 5.73 Å². The molecule has 2 fully saturated rings. The van der Waals surface area contributed by atoms with Gasteiger partial charge in [-0.2, -0.15) is 0 Å². The van der Waals surface area contributed by atoms with Crippen molar-refractivity contribution in [2.45, 2.75) is 78.2 Å². The minimum atomic E-state index is -0.507. The average Bonchev–Trinajstić information content (AvgIpc) is 2.65. The highest BCUT2D eigenvalue weighted by Crippen LogP contribution is 2.57. The van der Waals surface area contributed by atoms with Gasteiger partial charge < -0.3 is 10.8 Å². The fraction of sp³-hybridized carbons (Fsp3) is 1.00. The van der Waals surface area contributed by atoms with E-state index in [1.165, 1.54) is 12.8 Å². The molecule has 0 saturated heterocycles. The predicted molar refractivity (Wildman–Crippen MR) is 80.9 cm³/mol. The van der Waals surface area contributed by atoms with Crippen LogP contribution in [0.5, 0.6) is 0 Å². The molecule has 0 bridgehead atoms. The quantitative estimate of drug-likeness (QED) is 0.818. The van der Waals surface area contributed by atoms with E-state index in [9.17, 15) is 5.11 Å². The van der Waals surface area contributed by atoms with Gasteiger partial charge in [0.15, 0.2) is 0 Å². The van der Waals surface area contributed by atoms with Gasteiger partial charge in [0.25, 0.3) is 0 Å². The Bertz CT molecular complexity index is 315. The maximum Gasteiger partial charge on any atom is 0.0721 e. The molecule has 0 aromatic rings. The molecule has 2 aliphatic rings. The van der Waals surface area contributed by atoms with Crippen molar-refractivity contribution in [3.63, 3.8) is 0 Å². The van der Waals surface area contributed by atoms with Crippen molar-refractivity contribution in [2.24, 2.45) is 28.4 Å². The van der Waals surface area contributed by atoms with E-state index < -0.39 is 5.60 Å². The molecule has 0 heterocycles. The van der Waals surface area contributed by atoms with Crippen molar-refractivity contribution in [1.82, 2.24) is 0 Å². The first-order chi connectivity index (χ1) is 8.74. The Kier molecular flexibility index (Phi) is 4.06. The van der Waals surface area contributed by atoms with E-state index in [1.54, 1.807) is 0 Å². The standard InChI is InChI=1S/C17H33NO/c1-13(2)14-5-7-16(12-18,8-6-14)17(19)10-9-15(3,4)11-17/h13-14,19H,5-12,18H2,1-4H3. The Labute approximate surface area is 119 Å². The Morgan fingerprint density at radius 2 is 1.68 bits per heavy atom. The summed E-state index contributed by atoms with van der Waals surface area (Å²) in [7, 11) is 0. The first-order valence-corrected chi connectivity index (χ1v) is 8.16. The van der Waals surface area contributed by atoms with Crippen molar-refractivity contribution < 1.29 is 5.11 Å². The van der Waals surface area contributed by atoms with Crippen LogP contribution in [0, 0.1) is 22.7 Å². The van der Waals surface area contributed by atoms with E-state index in [2.05, 4.69) is 27.7 Å². The molecule has 0 amide bonds. The van der Waals surface area contributed by atoms with Gasteiger partial charge in [-0.05, 0) is 62.2 Å². The lowest BCUT2D eigenvalue weighted by Crippen LogP contribution is -2.53. The Morgan fingerprint density at radius 3 is 2.05 bits per heavy atom. The van der Waals surface area contributed by atoms with Crippen molar-refractivity contribution in [2.75, 3.05) is 6.54 Å². The zero-order valence-corrected chi connectivity index (χ0v) is 13.3. The van der Waals surface area contributed by atoms with Crippen molar-refractivity contribution in [3.8, 4) is 0 Å². The molecule has 1 unspecified atom stereocenters. The van der Waals surface area contributed by atoms with Crippen LogP contribution in [0.25, 0.3) is 0 Å². The van der Waals surface area contributed by atoms with Gasteiger partial charge >= 0.3 is 0 Å². The largest absolute Gasteiger partial charge is 0.389 e. The van der Waals surface area contributed by atoms with Crippen LogP contribution in [0.4, 0.5) is 0 Å². The summed E-state index contributed by atoms with van der Waals surface area (Å²) in [4.78, 5) is 0. The molecular formula is C17H33NO. The van der Waals surface area contributed by atoms with Gasteiger partial charge in [0.2, 0.25) is 0 Å². The van der Waals surface area contributed by atoms with Crippen LogP contribution in [0.15, 0.2) is 0 Å². The van der Waals surface area contributed by atoms with Crippen molar-refractivity contribution >= 4 is 0 Å². The second-order valence-electron chi connectivity index (χ2n) is 8.44. The smallest absolute Gasteiger partial charge is 0.0721 e. The molecule has 2 heteroatoms. The van der Waals surface area contributed by atoms with Crippen LogP contribution in [-0.4, -0.2) is 17.3 Å². The fourth-order valence-electron chi connectivity index (χ4n) is 4.69. The molecule has 0 aliphatic heterocycles. The highest BCUT2D eigenvalue weighted by atomic mass is 16.3. The molecule has 2 aliphatic carbocycles. The summed E-state index contributed by atoms with van der Waals surface area (Å²) in [6.45, 7) is 9.88. The topological polar surface area (TPSA) is 46.2 Å². The lowest BCUT2D eigenvalue weighted by molar-refractivity contribution is -0.107. The number of rotatable bonds is 3. The van der Waals surface area contributed by atoms with Gasteiger partial charge in [-0.25, -0.2) is 0 Å². The summed E-state index contributed by atoms with van der Waals surface area (Å²) in [5, 5.41) is 11.2. The molecule has 2 nitrogen and oxygen atoms in total. The van der Waals surface area contributed by atoms with E-state index >= 15 is 0 Å². The van der Waals surface area contributed by atoms with E-state index in [4.69, 9.17) is 5.73 Å². The summed E-state index contributed by atoms with van der Waals surface area (Å²) in [5.74, 6) is 1.60. The predicted octanol–water partition coefficient (Wildman–Crippen LogP) is 3.72. The third-order valence-corrected chi connectivity index (χ3v) is 6.29. The normalized spacial score (nSPS) is 42.8. The molecule has 2 rings (SSSR count). The molecule has 0 aromatic heterocycles. The van der Waals surface area contributed by atoms with Gasteiger partial charge in [0, 0.05) is 12.0 Å².